The lowest BCUT2D eigenvalue weighted by molar-refractivity contribution is -0.385. The van der Waals surface area contributed by atoms with Gasteiger partial charge in [0.15, 0.2) is 0 Å². The molecule has 5 nitrogen and oxygen atoms in total. The van der Waals surface area contributed by atoms with Gasteiger partial charge in [0, 0.05) is 29.2 Å². The van der Waals surface area contributed by atoms with E-state index in [1.807, 2.05) is 0 Å². The van der Waals surface area contributed by atoms with Crippen molar-refractivity contribution in [1.82, 2.24) is 4.90 Å². The van der Waals surface area contributed by atoms with Crippen molar-refractivity contribution in [1.29, 1.82) is 0 Å². The Kier molecular flexibility index (Phi) is 4.96. The molecule has 1 fully saturated rings. The number of halogens is 1. The van der Waals surface area contributed by atoms with Crippen molar-refractivity contribution in [2.24, 2.45) is 0 Å². The van der Waals surface area contributed by atoms with E-state index >= 15 is 0 Å². The maximum atomic E-state index is 11.1. The predicted molar refractivity (Wildman–Crippen MR) is 77.8 cm³/mol. The highest BCUT2D eigenvalue weighted by Gasteiger charge is 2.27. The fourth-order valence-corrected chi connectivity index (χ4v) is 3.04. The molecule has 1 aromatic carbocycles. The zero-order valence-electron chi connectivity index (χ0n) is 11.5. The van der Waals surface area contributed by atoms with Crippen LogP contribution in [0.4, 0.5) is 5.69 Å². The van der Waals surface area contributed by atoms with Crippen LogP contribution in [-0.4, -0.2) is 33.6 Å². The Hall–Kier alpha value is -1.17. The second kappa shape index (κ2) is 6.52. The highest BCUT2D eigenvalue weighted by Crippen LogP contribution is 2.28. The van der Waals surface area contributed by atoms with Crippen LogP contribution in [0, 0.1) is 10.1 Å². The average molecular weight is 299 g/mol. The summed E-state index contributed by atoms with van der Waals surface area (Å²) in [6.45, 7) is 3.19. The third-order valence-corrected chi connectivity index (χ3v) is 3.96. The molecule has 1 N–H and O–H groups in total. The molecule has 20 heavy (non-hydrogen) atoms. The van der Waals surface area contributed by atoms with Crippen LogP contribution in [0.3, 0.4) is 0 Å². The molecule has 2 rings (SSSR count). The van der Waals surface area contributed by atoms with Crippen molar-refractivity contribution >= 4 is 17.3 Å². The molecule has 1 aliphatic rings. The van der Waals surface area contributed by atoms with Gasteiger partial charge in [0.1, 0.15) is 0 Å². The molecule has 1 heterocycles. The van der Waals surface area contributed by atoms with Gasteiger partial charge in [-0.05, 0) is 44.9 Å². The summed E-state index contributed by atoms with van der Waals surface area (Å²) in [5.74, 6) is 0. The van der Waals surface area contributed by atoms with E-state index in [4.69, 9.17) is 11.6 Å². The lowest BCUT2D eigenvalue weighted by Gasteiger charge is -2.25. The van der Waals surface area contributed by atoms with Crippen molar-refractivity contribution in [2.75, 3.05) is 6.54 Å². The van der Waals surface area contributed by atoms with Gasteiger partial charge in [-0.25, -0.2) is 0 Å². The molecule has 0 amide bonds. The molecule has 0 saturated carbocycles. The minimum atomic E-state index is -0.370. The molecular weight excluding hydrogens is 280 g/mol. The second-order valence-electron chi connectivity index (χ2n) is 5.38. The zero-order chi connectivity index (χ0) is 14.7. The number of nitro benzene ring substituents is 1. The second-order valence-corrected chi connectivity index (χ2v) is 5.82. The minimum Gasteiger partial charge on any atom is -0.393 e. The summed E-state index contributed by atoms with van der Waals surface area (Å²) in [5.41, 5.74) is 0.747. The molecule has 6 heteroatoms. The van der Waals surface area contributed by atoms with E-state index in [2.05, 4.69) is 4.90 Å². The van der Waals surface area contributed by atoms with Gasteiger partial charge in [-0.15, -0.1) is 0 Å². The van der Waals surface area contributed by atoms with Crippen LogP contribution in [0.25, 0.3) is 0 Å². The quantitative estimate of drug-likeness (QED) is 0.670. The molecular formula is C14H19ClN2O3. The number of hydrogen-bond donors (Lipinski definition) is 1. The summed E-state index contributed by atoms with van der Waals surface area (Å²) in [6, 6.07) is 4.95. The van der Waals surface area contributed by atoms with Gasteiger partial charge in [0.2, 0.25) is 0 Å². The molecule has 2 atom stereocenters. The van der Waals surface area contributed by atoms with Gasteiger partial charge in [0.05, 0.1) is 11.0 Å². The maximum Gasteiger partial charge on any atom is 0.273 e. The predicted octanol–water partition coefficient (Wildman–Crippen LogP) is 2.98. The molecule has 0 bridgehead atoms. The van der Waals surface area contributed by atoms with Crippen molar-refractivity contribution in [3.63, 3.8) is 0 Å². The number of likely N-dealkylation sites (tertiary alicyclic amines) is 1. The Morgan fingerprint density at radius 2 is 2.35 bits per heavy atom. The Bertz CT molecular complexity index is 493. The van der Waals surface area contributed by atoms with E-state index in [9.17, 15) is 15.2 Å². The number of hydrogen-bond acceptors (Lipinski definition) is 4. The van der Waals surface area contributed by atoms with Crippen LogP contribution in [0.5, 0.6) is 0 Å². The zero-order valence-corrected chi connectivity index (χ0v) is 12.2. The fraction of sp³-hybridized carbons (Fsp3) is 0.571. The largest absolute Gasteiger partial charge is 0.393 e. The number of rotatable bonds is 5. The monoisotopic (exact) mass is 298 g/mol. The van der Waals surface area contributed by atoms with Crippen LogP contribution < -0.4 is 0 Å². The Morgan fingerprint density at radius 3 is 3.00 bits per heavy atom. The number of nitro groups is 1. The molecule has 2 unspecified atom stereocenters. The number of benzene rings is 1. The van der Waals surface area contributed by atoms with Crippen LogP contribution in [0.2, 0.25) is 5.02 Å². The van der Waals surface area contributed by atoms with E-state index in [0.717, 1.165) is 19.4 Å². The van der Waals surface area contributed by atoms with Gasteiger partial charge >= 0.3 is 0 Å². The molecule has 110 valence electrons. The van der Waals surface area contributed by atoms with Crippen LogP contribution >= 0.6 is 11.6 Å². The number of nitrogens with zero attached hydrogens (tertiary/aromatic N) is 2. The molecule has 1 saturated heterocycles. The third kappa shape index (κ3) is 3.69. The van der Waals surface area contributed by atoms with E-state index in [1.165, 1.54) is 6.07 Å². The van der Waals surface area contributed by atoms with Crippen molar-refractivity contribution in [2.45, 2.75) is 44.9 Å². The normalized spacial score (nSPS) is 21.1. The number of aliphatic hydroxyl groups excluding tert-OH is 1. The van der Waals surface area contributed by atoms with E-state index in [0.29, 0.717) is 23.6 Å². The summed E-state index contributed by atoms with van der Waals surface area (Å²) in [6.07, 6.45) is 2.44. The Balaban J connectivity index is 2.16. The highest BCUT2D eigenvalue weighted by atomic mass is 35.5. The topological polar surface area (TPSA) is 66.6 Å². The Morgan fingerprint density at radius 1 is 1.60 bits per heavy atom. The highest BCUT2D eigenvalue weighted by molar-refractivity contribution is 6.30. The summed E-state index contributed by atoms with van der Waals surface area (Å²) >= 11 is 5.95. The molecule has 0 aliphatic carbocycles. The van der Waals surface area contributed by atoms with Gasteiger partial charge in [-0.2, -0.15) is 0 Å². The summed E-state index contributed by atoms with van der Waals surface area (Å²) in [5, 5.41) is 21.1. The lowest BCUT2D eigenvalue weighted by atomic mass is 10.1. The molecule has 1 aliphatic heterocycles. The first-order chi connectivity index (χ1) is 9.47. The SMILES string of the molecule is CC(O)CC1CCCN1Cc1cc(Cl)ccc1[N+](=O)[O-]. The van der Waals surface area contributed by atoms with E-state index < -0.39 is 0 Å². The van der Waals surface area contributed by atoms with Gasteiger partial charge < -0.3 is 5.11 Å². The van der Waals surface area contributed by atoms with Crippen LogP contribution in [-0.2, 0) is 6.54 Å². The first-order valence-electron chi connectivity index (χ1n) is 6.82. The molecule has 0 aromatic heterocycles. The molecule has 1 aromatic rings. The Labute approximate surface area is 123 Å². The van der Waals surface area contributed by atoms with E-state index in [1.54, 1.807) is 19.1 Å². The first kappa shape index (κ1) is 15.2. The fourth-order valence-electron chi connectivity index (χ4n) is 2.84. The summed E-state index contributed by atoms with van der Waals surface area (Å²) < 4.78 is 0. The number of aliphatic hydroxyl groups is 1. The van der Waals surface area contributed by atoms with Gasteiger partial charge in [-0.3, -0.25) is 15.0 Å². The third-order valence-electron chi connectivity index (χ3n) is 3.72. The summed E-state index contributed by atoms with van der Waals surface area (Å²) in [7, 11) is 0. The molecule has 0 spiro atoms. The van der Waals surface area contributed by atoms with Crippen molar-refractivity contribution in [3.8, 4) is 0 Å². The maximum absolute atomic E-state index is 11.1. The standard InChI is InChI=1S/C14H19ClN2O3/c1-10(18)7-13-3-2-6-16(13)9-11-8-12(15)4-5-14(11)17(19)20/h4-5,8,10,13,18H,2-3,6-7,9H2,1H3. The minimum absolute atomic E-state index is 0.108. The van der Waals surface area contributed by atoms with E-state index in [-0.39, 0.29) is 22.8 Å². The van der Waals surface area contributed by atoms with Crippen LogP contribution in [0.1, 0.15) is 31.7 Å². The van der Waals surface area contributed by atoms with Crippen molar-refractivity contribution < 1.29 is 10.0 Å². The smallest absolute Gasteiger partial charge is 0.273 e. The first-order valence-corrected chi connectivity index (χ1v) is 7.20. The molecule has 0 radical (unpaired) electrons. The lowest BCUT2D eigenvalue weighted by Crippen LogP contribution is -2.31. The van der Waals surface area contributed by atoms with Gasteiger partial charge in [-0.1, -0.05) is 11.6 Å². The van der Waals surface area contributed by atoms with Crippen molar-refractivity contribution in [3.05, 3.63) is 38.9 Å². The van der Waals surface area contributed by atoms with Crippen LogP contribution in [0.15, 0.2) is 18.2 Å². The summed E-state index contributed by atoms with van der Waals surface area (Å²) in [4.78, 5) is 12.9. The average Bonchev–Trinajstić information content (AvgIpc) is 2.75. The van der Waals surface area contributed by atoms with Gasteiger partial charge in [0.25, 0.3) is 5.69 Å².